The summed E-state index contributed by atoms with van der Waals surface area (Å²) in [6.07, 6.45) is 3.69. The largest absolute Gasteiger partial charge is 0.0831 e. The van der Waals surface area contributed by atoms with Crippen LogP contribution in [0.1, 0.15) is 17.5 Å². The standard InChI is InChI=1S/C9H8BrCl/c10-8-4-6-2-1-3-7(6)5-9(8)11/h4-5H,1-3H2. The van der Waals surface area contributed by atoms with E-state index in [0.29, 0.717) is 0 Å². The van der Waals surface area contributed by atoms with Crippen LogP contribution in [0, 0.1) is 0 Å². The van der Waals surface area contributed by atoms with Crippen LogP contribution >= 0.6 is 27.5 Å². The zero-order chi connectivity index (χ0) is 7.84. The van der Waals surface area contributed by atoms with Crippen LogP contribution in [0.15, 0.2) is 16.6 Å². The van der Waals surface area contributed by atoms with Crippen molar-refractivity contribution in [2.75, 3.05) is 0 Å². The third kappa shape index (κ3) is 1.32. The molecule has 0 aromatic heterocycles. The smallest absolute Gasteiger partial charge is 0.0551 e. The number of hydrogen-bond donors (Lipinski definition) is 0. The Hall–Kier alpha value is -0.0100. The maximum absolute atomic E-state index is 5.95. The fraction of sp³-hybridized carbons (Fsp3) is 0.333. The Labute approximate surface area is 79.7 Å². The number of rotatable bonds is 0. The lowest BCUT2D eigenvalue weighted by atomic mass is 10.1. The van der Waals surface area contributed by atoms with Gasteiger partial charge in [-0.1, -0.05) is 11.6 Å². The second kappa shape index (κ2) is 2.80. The third-order valence-electron chi connectivity index (χ3n) is 2.13. The lowest BCUT2D eigenvalue weighted by Gasteiger charge is -2.01. The van der Waals surface area contributed by atoms with Gasteiger partial charge in [0, 0.05) is 4.47 Å². The van der Waals surface area contributed by atoms with Gasteiger partial charge in [-0.2, -0.15) is 0 Å². The molecular formula is C9H8BrCl. The molecule has 0 unspecified atom stereocenters. The lowest BCUT2D eigenvalue weighted by Crippen LogP contribution is -1.81. The average Bonchev–Trinajstić information content (AvgIpc) is 2.36. The molecule has 0 saturated carbocycles. The van der Waals surface area contributed by atoms with Crippen LogP contribution in [0.2, 0.25) is 5.02 Å². The Morgan fingerprint density at radius 1 is 1.18 bits per heavy atom. The van der Waals surface area contributed by atoms with Gasteiger partial charge in [0.2, 0.25) is 0 Å². The average molecular weight is 232 g/mol. The van der Waals surface area contributed by atoms with Gasteiger partial charge in [0.1, 0.15) is 0 Å². The van der Waals surface area contributed by atoms with Crippen LogP contribution in [0.4, 0.5) is 0 Å². The molecule has 1 aliphatic carbocycles. The molecule has 0 nitrogen and oxygen atoms in total. The molecule has 0 fully saturated rings. The Bertz CT molecular complexity index is 265. The molecule has 2 heteroatoms. The van der Waals surface area contributed by atoms with E-state index < -0.39 is 0 Å². The first-order valence-electron chi connectivity index (χ1n) is 3.74. The fourth-order valence-electron chi connectivity index (χ4n) is 1.56. The Kier molecular flexibility index (Phi) is 1.94. The summed E-state index contributed by atoms with van der Waals surface area (Å²) in [5.41, 5.74) is 2.89. The van der Waals surface area contributed by atoms with Crippen LogP contribution in [-0.4, -0.2) is 0 Å². The highest BCUT2D eigenvalue weighted by molar-refractivity contribution is 9.10. The minimum Gasteiger partial charge on any atom is -0.0831 e. The molecule has 1 aliphatic rings. The summed E-state index contributed by atoms with van der Waals surface area (Å²) in [6, 6.07) is 4.22. The summed E-state index contributed by atoms with van der Waals surface area (Å²) < 4.78 is 1.03. The van der Waals surface area contributed by atoms with Crippen LogP contribution in [0.25, 0.3) is 0 Å². The van der Waals surface area contributed by atoms with Crippen LogP contribution in [0.5, 0.6) is 0 Å². The summed E-state index contributed by atoms with van der Waals surface area (Å²) in [4.78, 5) is 0. The summed E-state index contributed by atoms with van der Waals surface area (Å²) in [5.74, 6) is 0. The molecule has 0 heterocycles. The molecule has 1 aromatic carbocycles. The molecule has 0 aliphatic heterocycles. The molecule has 11 heavy (non-hydrogen) atoms. The maximum atomic E-state index is 5.95. The van der Waals surface area contributed by atoms with E-state index in [2.05, 4.69) is 28.1 Å². The monoisotopic (exact) mass is 230 g/mol. The Morgan fingerprint density at radius 2 is 1.82 bits per heavy atom. The van der Waals surface area contributed by atoms with Crippen molar-refractivity contribution < 1.29 is 0 Å². The van der Waals surface area contributed by atoms with E-state index in [-0.39, 0.29) is 0 Å². The van der Waals surface area contributed by atoms with E-state index in [9.17, 15) is 0 Å². The van der Waals surface area contributed by atoms with E-state index in [1.807, 2.05) is 0 Å². The van der Waals surface area contributed by atoms with Gasteiger partial charge in [-0.25, -0.2) is 0 Å². The number of fused-ring (bicyclic) bond motifs is 1. The highest BCUT2D eigenvalue weighted by Crippen LogP contribution is 2.31. The predicted octanol–water partition coefficient (Wildman–Crippen LogP) is 3.59. The van der Waals surface area contributed by atoms with E-state index in [1.54, 1.807) is 0 Å². The van der Waals surface area contributed by atoms with Crippen LogP contribution < -0.4 is 0 Å². The number of halogens is 2. The van der Waals surface area contributed by atoms with Crippen LogP contribution in [0.3, 0.4) is 0 Å². The Balaban J connectivity index is 2.57. The van der Waals surface area contributed by atoms with Gasteiger partial charge in [-0.05, 0) is 58.5 Å². The molecular weight excluding hydrogens is 223 g/mol. The molecule has 0 atom stereocenters. The Morgan fingerprint density at radius 3 is 2.55 bits per heavy atom. The minimum atomic E-state index is 0.839. The first-order valence-corrected chi connectivity index (χ1v) is 4.91. The SMILES string of the molecule is Clc1cc2c(cc1Br)CCC2. The number of benzene rings is 1. The molecule has 0 bridgehead atoms. The summed E-state index contributed by atoms with van der Waals surface area (Å²) in [5, 5.41) is 0.839. The molecule has 2 rings (SSSR count). The highest BCUT2D eigenvalue weighted by Gasteiger charge is 2.12. The van der Waals surface area contributed by atoms with Gasteiger partial charge in [0.15, 0.2) is 0 Å². The van der Waals surface area contributed by atoms with E-state index in [1.165, 1.54) is 30.4 Å². The normalized spacial score (nSPS) is 15.1. The highest BCUT2D eigenvalue weighted by atomic mass is 79.9. The molecule has 58 valence electrons. The lowest BCUT2D eigenvalue weighted by molar-refractivity contribution is 0.911. The minimum absolute atomic E-state index is 0.839. The van der Waals surface area contributed by atoms with Crippen molar-refractivity contribution in [1.82, 2.24) is 0 Å². The second-order valence-corrected chi connectivity index (χ2v) is 4.15. The second-order valence-electron chi connectivity index (χ2n) is 2.89. The first kappa shape index (κ1) is 7.63. The van der Waals surface area contributed by atoms with Crippen molar-refractivity contribution in [2.45, 2.75) is 19.3 Å². The quantitative estimate of drug-likeness (QED) is 0.640. The summed E-state index contributed by atoms with van der Waals surface area (Å²) in [6.45, 7) is 0. The van der Waals surface area contributed by atoms with Gasteiger partial charge < -0.3 is 0 Å². The van der Waals surface area contributed by atoms with E-state index in [4.69, 9.17) is 11.6 Å². The van der Waals surface area contributed by atoms with Gasteiger partial charge in [0.25, 0.3) is 0 Å². The molecule has 0 saturated heterocycles. The first-order chi connectivity index (χ1) is 5.27. The van der Waals surface area contributed by atoms with Gasteiger partial charge >= 0.3 is 0 Å². The van der Waals surface area contributed by atoms with Gasteiger partial charge in [-0.3, -0.25) is 0 Å². The van der Waals surface area contributed by atoms with Crippen molar-refractivity contribution >= 4 is 27.5 Å². The van der Waals surface area contributed by atoms with Crippen molar-refractivity contribution in [1.29, 1.82) is 0 Å². The van der Waals surface area contributed by atoms with Crippen molar-refractivity contribution in [3.8, 4) is 0 Å². The zero-order valence-electron chi connectivity index (χ0n) is 6.03. The van der Waals surface area contributed by atoms with Gasteiger partial charge in [-0.15, -0.1) is 0 Å². The number of hydrogen-bond acceptors (Lipinski definition) is 0. The summed E-state index contributed by atoms with van der Waals surface area (Å²) in [7, 11) is 0. The molecule has 0 radical (unpaired) electrons. The van der Waals surface area contributed by atoms with E-state index in [0.717, 1.165) is 9.50 Å². The molecule has 0 spiro atoms. The maximum Gasteiger partial charge on any atom is 0.0551 e. The van der Waals surface area contributed by atoms with Gasteiger partial charge in [0.05, 0.1) is 5.02 Å². The fourth-order valence-corrected chi connectivity index (χ4v) is 2.14. The topological polar surface area (TPSA) is 0 Å². The molecule has 1 aromatic rings. The summed E-state index contributed by atoms with van der Waals surface area (Å²) >= 11 is 9.36. The molecule has 0 N–H and O–H groups in total. The van der Waals surface area contributed by atoms with Crippen molar-refractivity contribution in [2.24, 2.45) is 0 Å². The van der Waals surface area contributed by atoms with E-state index >= 15 is 0 Å². The van der Waals surface area contributed by atoms with Crippen molar-refractivity contribution in [3.05, 3.63) is 32.8 Å². The third-order valence-corrected chi connectivity index (χ3v) is 3.33. The molecule has 0 amide bonds. The van der Waals surface area contributed by atoms with Crippen LogP contribution in [-0.2, 0) is 12.8 Å². The number of aryl methyl sites for hydroxylation is 2. The van der Waals surface area contributed by atoms with Crippen molar-refractivity contribution in [3.63, 3.8) is 0 Å². The predicted molar refractivity (Wildman–Crippen MR) is 51.2 cm³/mol. The zero-order valence-corrected chi connectivity index (χ0v) is 8.37.